The summed E-state index contributed by atoms with van der Waals surface area (Å²) in [6, 6.07) is 8.81. The lowest BCUT2D eigenvalue weighted by Gasteiger charge is -2.28. The van der Waals surface area contributed by atoms with Crippen LogP contribution in [0, 0.1) is 5.92 Å². The van der Waals surface area contributed by atoms with Gasteiger partial charge in [-0.3, -0.25) is 0 Å². The summed E-state index contributed by atoms with van der Waals surface area (Å²) < 4.78 is 5.37. The monoisotopic (exact) mass is 246 g/mol. The Balaban J connectivity index is 1.50. The first-order valence-electron chi connectivity index (χ1n) is 7.08. The maximum Gasteiger partial charge on any atom is 0.0642 e. The molecule has 3 rings (SSSR count). The molecule has 0 unspecified atom stereocenters. The molecule has 0 atom stereocenters. The Morgan fingerprint density at radius 3 is 2.50 bits per heavy atom. The Morgan fingerprint density at radius 1 is 1.11 bits per heavy atom. The molecule has 1 saturated heterocycles. The third kappa shape index (κ3) is 3.16. The molecule has 0 spiro atoms. The van der Waals surface area contributed by atoms with Crippen molar-refractivity contribution < 1.29 is 4.74 Å². The summed E-state index contributed by atoms with van der Waals surface area (Å²) in [4.78, 5) is 2.39. The molecule has 2 fully saturated rings. The van der Waals surface area contributed by atoms with Crippen LogP contribution < -0.4 is 10.2 Å². The predicted molar refractivity (Wildman–Crippen MR) is 75.3 cm³/mol. The van der Waals surface area contributed by atoms with Gasteiger partial charge in [0.2, 0.25) is 0 Å². The Labute approximate surface area is 109 Å². The fourth-order valence-electron chi connectivity index (χ4n) is 2.44. The Kier molecular flexibility index (Phi) is 3.69. The van der Waals surface area contributed by atoms with Crippen molar-refractivity contribution in [1.29, 1.82) is 0 Å². The number of morpholine rings is 1. The molecule has 1 N–H and O–H groups in total. The van der Waals surface area contributed by atoms with Crippen molar-refractivity contribution in [2.75, 3.05) is 43.1 Å². The molecule has 0 amide bonds. The van der Waals surface area contributed by atoms with Crippen molar-refractivity contribution in [3.05, 3.63) is 24.3 Å². The summed E-state index contributed by atoms with van der Waals surface area (Å²) in [7, 11) is 0. The highest BCUT2D eigenvalue weighted by molar-refractivity contribution is 5.55. The van der Waals surface area contributed by atoms with Gasteiger partial charge in [0, 0.05) is 31.0 Å². The number of nitrogens with zero attached hydrogens (tertiary/aromatic N) is 1. The standard InChI is InChI=1S/C15H22N2O/c1-2-13(1)7-8-16-14-3-5-15(6-4-14)17-9-11-18-12-10-17/h3-6,13,16H,1-2,7-12H2. The van der Waals surface area contributed by atoms with Crippen molar-refractivity contribution in [1.82, 2.24) is 0 Å². The predicted octanol–water partition coefficient (Wildman–Crippen LogP) is 2.74. The number of hydrogen-bond acceptors (Lipinski definition) is 3. The summed E-state index contributed by atoms with van der Waals surface area (Å²) in [5.74, 6) is 1.00. The minimum absolute atomic E-state index is 0.849. The van der Waals surface area contributed by atoms with Crippen LogP contribution in [0.5, 0.6) is 0 Å². The molecule has 1 aliphatic carbocycles. The topological polar surface area (TPSA) is 24.5 Å². The van der Waals surface area contributed by atoms with Crippen LogP contribution in [0.4, 0.5) is 11.4 Å². The molecule has 98 valence electrons. The van der Waals surface area contributed by atoms with Gasteiger partial charge in [-0.15, -0.1) is 0 Å². The molecule has 0 bridgehead atoms. The van der Waals surface area contributed by atoms with Crippen molar-refractivity contribution in [3.8, 4) is 0 Å². The van der Waals surface area contributed by atoms with Gasteiger partial charge in [-0.25, -0.2) is 0 Å². The zero-order chi connectivity index (χ0) is 12.2. The zero-order valence-electron chi connectivity index (χ0n) is 10.9. The zero-order valence-corrected chi connectivity index (χ0v) is 10.9. The van der Waals surface area contributed by atoms with Crippen LogP contribution in [0.15, 0.2) is 24.3 Å². The van der Waals surface area contributed by atoms with Gasteiger partial charge < -0.3 is 15.0 Å². The van der Waals surface area contributed by atoms with E-state index in [4.69, 9.17) is 4.74 Å². The van der Waals surface area contributed by atoms with Gasteiger partial charge in [0.05, 0.1) is 13.2 Å². The smallest absolute Gasteiger partial charge is 0.0642 e. The number of nitrogens with one attached hydrogen (secondary N) is 1. The first-order chi connectivity index (χ1) is 8.92. The van der Waals surface area contributed by atoms with E-state index >= 15 is 0 Å². The summed E-state index contributed by atoms with van der Waals surface area (Å²) in [5.41, 5.74) is 2.55. The lowest BCUT2D eigenvalue weighted by atomic mass is 10.2. The summed E-state index contributed by atoms with van der Waals surface area (Å²) >= 11 is 0. The largest absolute Gasteiger partial charge is 0.385 e. The van der Waals surface area contributed by atoms with Crippen LogP contribution in [0.1, 0.15) is 19.3 Å². The Bertz CT molecular complexity index is 367. The van der Waals surface area contributed by atoms with Crippen LogP contribution in [-0.4, -0.2) is 32.8 Å². The van der Waals surface area contributed by atoms with E-state index < -0.39 is 0 Å². The molecule has 3 heteroatoms. The average Bonchev–Trinajstić information content (AvgIpc) is 3.25. The highest BCUT2D eigenvalue weighted by atomic mass is 16.5. The number of ether oxygens (including phenoxy) is 1. The van der Waals surface area contributed by atoms with Gasteiger partial charge in [0.15, 0.2) is 0 Å². The summed E-state index contributed by atoms with van der Waals surface area (Å²) in [6.45, 7) is 4.83. The van der Waals surface area contributed by atoms with Crippen molar-refractivity contribution >= 4 is 11.4 Å². The second-order valence-corrected chi connectivity index (χ2v) is 5.31. The quantitative estimate of drug-likeness (QED) is 0.864. The van der Waals surface area contributed by atoms with Gasteiger partial charge in [-0.2, -0.15) is 0 Å². The molecule has 1 aromatic rings. The summed E-state index contributed by atoms with van der Waals surface area (Å²) in [6.07, 6.45) is 4.21. The SMILES string of the molecule is c1cc(N2CCOCC2)ccc1NCCC1CC1. The lowest BCUT2D eigenvalue weighted by Crippen LogP contribution is -2.36. The van der Waals surface area contributed by atoms with E-state index in [1.54, 1.807) is 0 Å². The van der Waals surface area contributed by atoms with E-state index in [0.717, 1.165) is 38.8 Å². The molecular weight excluding hydrogens is 224 g/mol. The van der Waals surface area contributed by atoms with Crippen molar-refractivity contribution in [3.63, 3.8) is 0 Å². The number of rotatable bonds is 5. The van der Waals surface area contributed by atoms with Gasteiger partial charge >= 0.3 is 0 Å². The minimum atomic E-state index is 0.849. The van der Waals surface area contributed by atoms with Gasteiger partial charge in [0.25, 0.3) is 0 Å². The molecule has 0 radical (unpaired) electrons. The van der Waals surface area contributed by atoms with E-state index in [9.17, 15) is 0 Å². The molecule has 1 heterocycles. The Hall–Kier alpha value is -1.22. The van der Waals surface area contributed by atoms with Crippen LogP contribution in [-0.2, 0) is 4.74 Å². The Morgan fingerprint density at radius 2 is 1.83 bits per heavy atom. The van der Waals surface area contributed by atoms with E-state index in [2.05, 4.69) is 34.5 Å². The maximum absolute atomic E-state index is 5.37. The van der Waals surface area contributed by atoms with Gasteiger partial charge in [-0.05, 0) is 36.6 Å². The van der Waals surface area contributed by atoms with Crippen LogP contribution in [0.3, 0.4) is 0 Å². The van der Waals surface area contributed by atoms with E-state index in [-0.39, 0.29) is 0 Å². The van der Waals surface area contributed by atoms with Crippen LogP contribution in [0.25, 0.3) is 0 Å². The average molecular weight is 246 g/mol. The molecule has 18 heavy (non-hydrogen) atoms. The minimum Gasteiger partial charge on any atom is -0.385 e. The highest BCUT2D eigenvalue weighted by Crippen LogP contribution is 2.32. The van der Waals surface area contributed by atoms with E-state index in [0.29, 0.717) is 0 Å². The van der Waals surface area contributed by atoms with Crippen molar-refractivity contribution in [2.24, 2.45) is 5.92 Å². The second kappa shape index (κ2) is 5.61. The summed E-state index contributed by atoms with van der Waals surface area (Å²) in [5, 5.41) is 3.50. The second-order valence-electron chi connectivity index (χ2n) is 5.31. The number of benzene rings is 1. The fourth-order valence-corrected chi connectivity index (χ4v) is 2.44. The van der Waals surface area contributed by atoms with Gasteiger partial charge in [-0.1, -0.05) is 12.8 Å². The molecule has 0 aromatic heterocycles. The van der Waals surface area contributed by atoms with Crippen molar-refractivity contribution in [2.45, 2.75) is 19.3 Å². The highest BCUT2D eigenvalue weighted by Gasteiger charge is 2.20. The lowest BCUT2D eigenvalue weighted by molar-refractivity contribution is 0.122. The maximum atomic E-state index is 5.37. The molecular formula is C15H22N2O. The molecule has 1 aliphatic heterocycles. The van der Waals surface area contributed by atoms with E-state index in [1.165, 1.54) is 30.6 Å². The molecule has 2 aliphatic rings. The van der Waals surface area contributed by atoms with E-state index in [1.807, 2.05) is 0 Å². The first kappa shape index (κ1) is 11.8. The third-order valence-electron chi connectivity index (χ3n) is 3.82. The fraction of sp³-hybridized carbons (Fsp3) is 0.600. The first-order valence-corrected chi connectivity index (χ1v) is 7.08. The number of anilines is 2. The molecule has 1 aromatic carbocycles. The molecule has 1 saturated carbocycles. The van der Waals surface area contributed by atoms with Crippen LogP contribution in [0.2, 0.25) is 0 Å². The third-order valence-corrected chi connectivity index (χ3v) is 3.82. The number of hydrogen-bond donors (Lipinski definition) is 1. The van der Waals surface area contributed by atoms with Crippen LogP contribution >= 0.6 is 0 Å². The van der Waals surface area contributed by atoms with Gasteiger partial charge in [0.1, 0.15) is 0 Å². The molecule has 3 nitrogen and oxygen atoms in total. The normalized spacial score (nSPS) is 19.9.